The Kier molecular flexibility index (Phi) is 4.08. The van der Waals surface area contributed by atoms with Crippen molar-refractivity contribution in [3.63, 3.8) is 0 Å². The molecule has 8 heteroatoms. The second-order valence-corrected chi connectivity index (χ2v) is 6.25. The quantitative estimate of drug-likeness (QED) is 0.434. The minimum Gasteiger partial charge on any atom is -0.306 e. The summed E-state index contributed by atoms with van der Waals surface area (Å²) in [5.41, 5.74) is 1.81. The van der Waals surface area contributed by atoms with E-state index in [9.17, 15) is 19.7 Å². The third-order valence-electron chi connectivity index (χ3n) is 4.44. The van der Waals surface area contributed by atoms with Crippen molar-refractivity contribution in [1.82, 2.24) is 14.6 Å². The molecule has 1 N–H and O–H groups in total. The molecule has 0 fully saturated rings. The van der Waals surface area contributed by atoms with E-state index in [0.29, 0.717) is 22.5 Å². The predicted molar refractivity (Wildman–Crippen MR) is 104 cm³/mol. The molecule has 0 radical (unpaired) electrons. The molecule has 0 unspecified atom stereocenters. The largest absolute Gasteiger partial charge is 0.306 e. The number of hydrogen-bond acceptors (Lipinski definition) is 5. The fraction of sp³-hybridized carbons (Fsp3) is 0.0500. The molecule has 0 saturated carbocycles. The lowest BCUT2D eigenvalue weighted by Gasteiger charge is -2.00. The summed E-state index contributed by atoms with van der Waals surface area (Å²) in [6, 6.07) is 15.0. The van der Waals surface area contributed by atoms with E-state index in [1.165, 1.54) is 34.9 Å². The summed E-state index contributed by atoms with van der Waals surface area (Å²) in [6.07, 6.45) is 1.39. The van der Waals surface area contributed by atoms with Crippen LogP contribution in [-0.2, 0) is 0 Å². The SMILES string of the molecule is Cc1nn2c(=O)/c(=C/c3ccc([N+](=O)[O-])cc3)c(=O)[nH]c2c1-c1ccccc1. The maximum atomic E-state index is 12.9. The van der Waals surface area contributed by atoms with Gasteiger partial charge in [-0.2, -0.15) is 9.61 Å². The lowest BCUT2D eigenvalue weighted by Crippen LogP contribution is -2.44. The smallest absolute Gasteiger partial charge is 0.285 e. The van der Waals surface area contributed by atoms with Gasteiger partial charge in [-0.1, -0.05) is 30.3 Å². The van der Waals surface area contributed by atoms with Crippen molar-refractivity contribution < 1.29 is 4.92 Å². The third kappa shape index (κ3) is 2.86. The normalized spacial score (nSPS) is 11.8. The summed E-state index contributed by atoms with van der Waals surface area (Å²) in [5, 5.41) is 15.0. The van der Waals surface area contributed by atoms with Crippen LogP contribution in [0.5, 0.6) is 0 Å². The number of aromatic nitrogens is 3. The third-order valence-corrected chi connectivity index (χ3v) is 4.44. The molecule has 0 amide bonds. The fourth-order valence-corrected chi connectivity index (χ4v) is 3.11. The Bertz CT molecular complexity index is 1370. The standard InChI is InChI=1S/C20H14N4O4/c1-12-17(14-5-3-2-4-6-14)18-21-19(25)16(20(26)23(18)22-12)11-13-7-9-15(10-8-13)24(27)28/h2-11H,1H3,(H,21,25)/b16-11+. The lowest BCUT2D eigenvalue weighted by atomic mass is 10.1. The highest BCUT2D eigenvalue weighted by Gasteiger charge is 2.15. The zero-order chi connectivity index (χ0) is 19.8. The van der Waals surface area contributed by atoms with Gasteiger partial charge in [0.15, 0.2) is 0 Å². The van der Waals surface area contributed by atoms with Crippen molar-refractivity contribution in [3.8, 4) is 11.1 Å². The molecule has 4 aromatic rings. The van der Waals surface area contributed by atoms with Crippen molar-refractivity contribution in [3.05, 3.63) is 102 Å². The molecule has 0 saturated heterocycles. The highest BCUT2D eigenvalue weighted by atomic mass is 16.6. The maximum Gasteiger partial charge on any atom is 0.285 e. The number of aromatic amines is 1. The van der Waals surface area contributed by atoms with E-state index >= 15 is 0 Å². The molecule has 2 aromatic heterocycles. The van der Waals surface area contributed by atoms with Gasteiger partial charge in [0, 0.05) is 17.7 Å². The van der Waals surface area contributed by atoms with Crippen LogP contribution in [0.1, 0.15) is 11.3 Å². The van der Waals surface area contributed by atoms with E-state index in [0.717, 1.165) is 5.56 Å². The maximum absolute atomic E-state index is 12.9. The van der Waals surface area contributed by atoms with Crippen LogP contribution >= 0.6 is 0 Å². The number of non-ortho nitro benzene ring substituents is 1. The van der Waals surface area contributed by atoms with E-state index in [-0.39, 0.29) is 10.9 Å². The van der Waals surface area contributed by atoms with Crippen molar-refractivity contribution >= 4 is 17.4 Å². The Balaban J connectivity index is 1.94. The van der Waals surface area contributed by atoms with Crippen molar-refractivity contribution in [2.75, 3.05) is 0 Å². The lowest BCUT2D eigenvalue weighted by molar-refractivity contribution is -0.384. The number of nitrogens with zero attached hydrogens (tertiary/aromatic N) is 3. The van der Waals surface area contributed by atoms with Gasteiger partial charge in [-0.3, -0.25) is 19.7 Å². The highest BCUT2D eigenvalue weighted by Crippen LogP contribution is 2.25. The molecule has 8 nitrogen and oxygen atoms in total. The van der Waals surface area contributed by atoms with Crippen LogP contribution in [0.3, 0.4) is 0 Å². The zero-order valence-corrected chi connectivity index (χ0v) is 14.7. The van der Waals surface area contributed by atoms with Gasteiger partial charge in [0.2, 0.25) is 0 Å². The number of nitro groups is 1. The van der Waals surface area contributed by atoms with E-state index in [1.807, 2.05) is 30.3 Å². The van der Waals surface area contributed by atoms with Crippen molar-refractivity contribution in [1.29, 1.82) is 0 Å². The molecule has 138 valence electrons. The number of fused-ring (bicyclic) bond motifs is 1. The molecule has 2 heterocycles. The second-order valence-electron chi connectivity index (χ2n) is 6.25. The number of rotatable bonds is 3. The summed E-state index contributed by atoms with van der Waals surface area (Å²) in [4.78, 5) is 38.4. The van der Waals surface area contributed by atoms with Crippen molar-refractivity contribution in [2.45, 2.75) is 6.92 Å². The number of aryl methyl sites for hydroxylation is 1. The molecular formula is C20H14N4O4. The van der Waals surface area contributed by atoms with Gasteiger partial charge in [-0.05, 0) is 36.3 Å². The number of nitrogens with one attached hydrogen (secondary N) is 1. The zero-order valence-electron chi connectivity index (χ0n) is 14.7. The Morgan fingerprint density at radius 2 is 1.75 bits per heavy atom. The summed E-state index contributed by atoms with van der Waals surface area (Å²) in [7, 11) is 0. The molecule has 28 heavy (non-hydrogen) atoms. The molecule has 4 rings (SSSR count). The van der Waals surface area contributed by atoms with Gasteiger partial charge in [0.05, 0.1) is 10.6 Å². The monoisotopic (exact) mass is 374 g/mol. The first-order chi connectivity index (χ1) is 13.5. The Hall–Kier alpha value is -4.07. The molecule has 0 aliphatic carbocycles. The number of benzene rings is 2. The average Bonchev–Trinajstić information content (AvgIpc) is 3.02. The van der Waals surface area contributed by atoms with Crippen LogP contribution in [0.25, 0.3) is 22.9 Å². The average molecular weight is 374 g/mol. The molecule has 2 aromatic carbocycles. The van der Waals surface area contributed by atoms with Gasteiger partial charge in [0.1, 0.15) is 10.9 Å². The molecule has 0 bridgehead atoms. The Morgan fingerprint density at radius 3 is 2.39 bits per heavy atom. The van der Waals surface area contributed by atoms with Crippen LogP contribution in [0.4, 0.5) is 5.69 Å². The minimum atomic E-state index is -0.553. The topological polar surface area (TPSA) is 110 Å². The van der Waals surface area contributed by atoms with E-state index < -0.39 is 16.0 Å². The van der Waals surface area contributed by atoms with Crippen LogP contribution in [0.15, 0.2) is 64.2 Å². The van der Waals surface area contributed by atoms with Gasteiger partial charge in [-0.15, -0.1) is 0 Å². The second kappa shape index (κ2) is 6.58. The molecule has 0 atom stereocenters. The Morgan fingerprint density at radius 1 is 1.07 bits per heavy atom. The first-order valence-electron chi connectivity index (χ1n) is 8.43. The van der Waals surface area contributed by atoms with Gasteiger partial charge in [0.25, 0.3) is 16.8 Å². The minimum absolute atomic E-state index is 0.0703. The number of nitro benzene ring substituents is 1. The molecule has 0 spiro atoms. The van der Waals surface area contributed by atoms with Crippen LogP contribution in [0, 0.1) is 17.0 Å². The first kappa shape index (κ1) is 17.3. The van der Waals surface area contributed by atoms with Crippen LogP contribution in [-0.4, -0.2) is 19.5 Å². The summed E-state index contributed by atoms with van der Waals surface area (Å²) < 4.78 is 1.18. The van der Waals surface area contributed by atoms with Gasteiger partial charge in [-0.25, -0.2) is 0 Å². The summed E-state index contributed by atoms with van der Waals surface area (Å²) >= 11 is 0. The van der Waals surface area contributed by atoms with E-state index in [2.05, 4.69) is 10.1 Å². The van der Waals surface area contributed by atoms with Gasteiger partial charge >= 0.3 is 0 Å². The Labute approximate surface area is 157 Å². The molecular weight excluding hydrogens is 360 g/mol. The molecule has 0 aliphatic rings. The molecule has 0 aliphatic heterocycles. The van der Waals surface area contributed by atoms with Crippen molar-refractivity contribution in [2.24, 2.45) is 0 Å². The highest BCUT2D eigenvalue weighted by molar-refractivity contribution is 5.79. The summed E-state index contributed by atoms with van der Waals surface area (Å²) in [5.74, 6) is 0. The van der Waals surface area contributed by atoms with E-state index in [4.69, 9.17) is 0 Å². The fourth-order valence-electron chi connectivity index (χ4n) is 3.11. The number of H-pyrrole nitrogens is 1. The van der Waals surface area contributed by atoms with Crippen LogP contribution < -0.4 is 16.3 Å². The van der Waals surface area contributed by atoms with Gasteiger partial charge < -0.3 is 4.98 Å². The predicted octanol–water partition coefficient (Wildman–Crippen LogP) is 1.81. The first-order valence-corrected chi connectivity index (χ1v) is 8.43. The van der Waals surface area contributed by atoms with E-state index in [1.54, 1.807) is 6.92 Å². The number of hydrogen-bond donors (Lipinski definition) is 1. The van der Waals surface area contributed by atoms with Crippen LogP contribution in [0.2, 0.25) is 0 Å². The summed E-state index contributed by atoms with van der Waals surface area (Å²) in [6.45, 7) is 1.77.